The van der Waals surface area contributed by atoms with Crippen LogP contribution < -0.4 is 10.2 Å². The highest BCUT2D eigenvalue weighted by Crippen LogP contribution is 2.36. The zero-order valence-corrected chi connectivity index (χ0v) is 17.6. The Morgan fingerprint density at radius 1 is 1.28 bits per heavy atom. The first kappa shape index (κ1) is 19.8. The molecule has 2 fully saturated rings. The van der Waals surface area contributed by atoms with Crippen molar-refractivity contribution in [1.82, 2.24) is 10.3 Å². The molecule has 2 aromatic rings. The monoisotopic (exact) mass is 410 g/mol. The summed E-state index contributed by atoms with van der Waals surface area (Å²) in [5, 5.41) is 4.28. The second-order valence-corrected chi connectivity index (χ2v) is 8.54. The number of anilines is 1. The average Bonchev–Trinajstić information content (AvgIpc) is 3.43. The van der Waals surface area contributed by atoms with Crippen LogP contribution in [0.4, 0.5) is 9.52 Å². The molecule has 2 heterocycles. The summed E-state index contributed by atoms with van der Waals surface area (Å²) in [5.74, 6) is 0.381. The molecule has 1 saturated carbocycles. The summed E-state index contributed by atoms with van der Waals surface area (Å²) < 4.78 is 14.7. The number of aliphatic imine (C=N–C) groups is 1. The van der Waals surface area contributed by atoms with Gasteiger partial charge in [-0.1, -0.05) is 36.1 Å². The molecule has 0 atom stereocenters. The molecule has 1 saturated heterocycles. The molecule has 4 rings (SSSR count). The average molecular weight is 411 g/mol. The lowest BCUT2D eigenvalue weighted by Crippen LogP contribution is -2.29. The Labute approximate surface area is 175 Å². The Morgan fingerprint density at radius 2 is 2.03 bits per heavy atom. The van der Waals surface area contributed by atoms with E-state index in [4.69, 9.17) is 9.98 Å². The fourth-order valence-corrected chi connectivity index (χ4v) is 4.60. The van der Waals surface area contributed by atoms with Crippen LogP contribution in [0.1, 0.15) is 43.9 Å². The van der Waals surface area contributed by atoms with Crippen LogP contribution in [-0.4, -0.2) is 29.8 Å². The van der Waals surface area contributed by atoms with Gasteiger partial charge >= 0.3 is 0 Å². The van der Waals surface area contributed by atoms with Crippen molar-refractivity contribution in [3.05, 3.63) is 59.5 Å². The van der Waals surface area contributed by atoms with Crippen LogP contribution in [0.3, 0.4) is 0 Å². The van der Waals surface area contributed by atoms with Crippen molar-refractivity contribution in [1.29, 1.82) is 0 Å². The summed E-state index contributed by atoms with van der Waals surface area (Å²) in [6, 6.07) is 7.31. The van der Waals surface area contributed by atoms with E-state index >= 15 is 0 Å². The number of nitrogens with one attached hydrogen (secondary N) is 1. The van der Waals surface area contributed by atoms with Crippen LogP contribution in [0.5, 0.6) is 0 Å². The van der Waals surface area contributed by atoms with Gasteiger partial charge in [0.15, 0.2) is 5.13 Å². The third-order valence-electron chi connectivity index (χ3n) is 5.13. The van der Waals surface area contributed by atoms with Gasteiger partial charge in [-0.3, -0.25) is 0 Å². The predicted octanol–water partition coefficient (Wildman–Crippen LogP) is 5.53. The third-order valence-corrected chi connectivity index (χ3v) is 6.27. The number of hydrogen-bond donors (Lipinski definition) is 1. The Bertz CT molecular complexity index is 936. The van der Waals surface area contributed by atoms with E-state index in [2.05, 4.69) is 16.8 Å². The van der Waals surface area contributed by atoms with Gasteiger partial charge in [0.1, 0.15) is 11.6 Å². The largest absolute Gasteiger partial charge is 0.368 e. The highest BCUT2D eigenvalue weighted by Gasteiger charge is 2.24. The molecule has 29 heavy (non-hydrogen) atoms. The molecule has 0 bridgehead atoms. The lowest BCUT2D eigenvalue weighted by atomic mass is 10.1. The van der Waals surface area contributed by atoms with Crippen LogP contribution in [0.2, 0.25) is 0 Å². The summed E-state index contributed by atoms with van der Waals surface area (Å²) in [4.78, 5) is 12.8. The van der Waals surface area contributed by atoms with Gasteiger partial charge in [0.05, 0.1) is 16.3 Å². The first-order valence-electron chi connectivity index (χ1n) is 10.3. The highest BCUT2D eigenvalue weighted by atomic mass is 32.1. The van der Waals surface area contributed by atoms with Gasteiger partial charge in [-0.05, 0) is 57.2 Å². The number of benzene rings is 1. The first-order valence-corrected chi connectivity index (χ1v) is 11.1. The van der Waals surface area contributed by atoms with Crippen molar-refractivity contribution in [3.8, 4) is 11.3 Å². The number of allylic oxidation sites excluding steroid dienone is 2. The molecule has 4 nitrogen and oxygen atoms in total. The van der Waals surface area contributed by atoms with E-state index in [1.165, 1.54) is 25.3 Å². The quantitative estimate of drug-likeness (QED) is 0.610. The molecule has 0 amide bonds. The molecule has 1 N–H and O–H groups in total. The molecule has 2 aliphatic rings. The number of aromatic nitrogens is 1. The zero-order chi connectivity index (χ0) is 20.2. The number of halogens is 1. The maximum atomic E-state index is 14.7. The number of piperidine rings is 1. The standard InChI is InChI=1S/C23H27FN4S/c1-3-9-20(26-16(2)25-17-12-13-17)22-21(18-10-5-6-11-19(18)24)27-23(29-22)28-14-7-4-8-15-28/h3,5-6,9-11,17,25H,2,4,7-8,12-15H2,1H3/b9-3-,26-20+. The number of thiazole rings is 1. The number of nitrogens with zero attached hydrogens (tertiary/aromatic N) is 3. The van der Waals surface area contributed by atoms with E-state index in [9.17, 15) is 4.39 Å². The SMILES string of the molecule is C=C(/N=C(\C=C/C)c1sc(N2CCCCC2)nc1-c1ccccc1F)NC1CC1. The Kier molecular flexibility index (Phi) is 6.09. The Hall–Kier alpha value is -2.47. The van der Waals surface area contributed by atoms with Crippen LogP contribution in [0.15, 0.2) is 53.8 Å². The minimum atomic E-state index is -0.265. The van der Waals surface area contributed by atoms with E-state index in [1.807, 2.05) is 25.1 Å². The fourth-order valence-electron chi connectivity index (χ4n) is 3.50. The maximum Gasteiger partial charge on any atom is 0.186 e. The summed E-state index contributed by atoms with van der Waals surface area (Å²) in [7, 11) is 0. The maximum absolute atomic E-state index is 14.7. The van der Waals surface area contributed by atoms with Crippen LogP contribution in [0, 0.1) is 5.82 Å². The summed E-state index contributed by atoms with van der Waals surface area (Å²) in [5.41, 5.74) is 1.94. The molecule has 0 unspecified atom stereocenters. The predicted molar refractivity (Wildman–Crippen MR) is 120 cm³/mol. The highest BCUT2D eigenvalue weighted by molar-refractivity contribution is 7.18. The van der Waals surface area contributed by atoms with Gasteiger partial charge in [0.2, 0.25) is 0 Å². The molecule has 1 aromatic carbocycles. The molecular formula is C23H27FN4S. The van der Waals surface area contributed by atoms with Crippen LogP contribution >= 0.6 is 11.3 Å². The number of rotatable bonds is 7. The lowest BCUT2D eigenvalue weighted by Gasteiger charge is -2.25. The number of hydrogen-bond acceptors (Lipinski definition) is 5. The van der Waals surface area contributed by atoms with E-state index in [0.29, 0.717) is 23.1 Å². The minimum Gasteiger partial charge on any atom is -0.368 e. The third kappa shape index (κ3) is 4.75. The molecule has 1 aromatic heterocycles. The van der Waals surface area contributed by atoms with E-state index in [-0.39, 0.29) is 5.82 Å². The van der Waals surface area contributed by atoms with E-state index in [0.717, 1.165) is 41.7 Å². The van der Waals surface area contributed by atoms with Crippen molar-refractivity contribution in [3.63, 3.8) is 0 Å². The van der Waals surface area contributed by atoms with Gasteiger partial charge < -0.3 is 10.2 Å². The second-order valence-electron chi connectivity index (χ2n) is 7.56. The smallest absolute Gasteiger partial charge is 0.186 e. The fraction of sp³-hybridized carbons (Fsp3) is 0.391. The molecular weight excluding hydrogens is 383 g/mol. The molecule has 6 heteroatoms. The van der Waals surface area contributed by atoms with Crippen molar-refractivity contribution >= 4 is 22.2 Å². The summed E-state index contributed by atoms with van der Waals surface area (Å²) >= 11 is 1.59. The van der Waals surface area contributed by atoms with Crippen molar-refractivity contribution in [2.24, 2.45) is 4.99 Å². The summed E-state index contributed by atoms with van der Waals surface area (Å²) in [6.07, 6.45) is 9.82. The topological polar surface area (TPSA) is 40.5 Å². The Balaban J connectivity index is 1.77. The Morgan fingerprint density at radius 3 is 2.72 bits per heavy atom. The normalized spacial score (nSPS) is 17.7. The first-order chi connectivity index (χ1) is 14.2. The molecule has 0 radical (unpaired) electrons. The van der Waals surface area contributed by atoms with Gasteiger partial charge in [-0.25, -0.2) is 14.4 Å². The van der Waals surface area contributed by atoms with Crippen LogP contribution in [-0.2, 0) is 0 Å². The minimum absolute atomic E-state index is 0.265. The lowest BCUT2D eigenvalue weighted by molar-refractivity contribution is 0.577. The molecule has 0 spiro atoms. The molecule has 152 valence electrons. The van der Waals surface area contributed by atoms with Gasteiger partial charge in [-0.15, -0.1) is 0 Å². The van der Waals surface area contributed by atoms with Crippen molar-refractivity contribution in [2.75, 3.05) is 18.0 Å². The van der Waals surface area contributed by atoms with E-state index in [1.54, 1.807) is 23.5 Å². The zero-order valence-electron chi connectivity index (χ0n) is 16.8. The van der Waals surface area contributed by atoms with Crippen molar-refractivity contribution in [2.45, 2.75) is 45.1 Å². The van der Waals surface area contributed by atoms with Crippen LogP contribution in [0.25, 0.3) is 11.3 Å². The van der Waals surface area contributed by atoms with Crippen molar-refractivity contribution < 1.29 is 4.39 Å². The summed E-state index contributed by atoms with van der Waals surface area (Å²) in [6.45, 7) is 8.02. The second kappa shape index (κ2) is 8.91. The van der Waals surface area contributed by atoms with Gasteiger partial charge in [-0.2, -0.15) is 0 Å². The molecule has 1 aliphatic heterocycles. The van der Waals surface area contributed by atoms with E-state index < -0.39 is 0 Å². The van der Waals surface area contributed by atoms with Gasteiger partial charge in [0, 0.05) is 24.7 Å². The molecule has 1 aliphatic carbocycles. The van der Waals surface area contributed by atoms with Gasteiger partial charge in [0.25, 0.3) is 0 Å².